The third-order valence-electron chi connectivity index (χ3n) is 7.41. The number of benzene rings is 1. The van der Waals surface area contributed by atoms with E-state index >= 15 is 0 Å². The number of carbonyl (C=O) groups excluding carboxylic acids is 2. The highest BCUT2D eigenvalue weighted by Crippen LogP contribution is 2.35. The number of rotatable bonds is 7. The summed E-state index contributed by atoms with van der Waals surface area (Å²) < 4.78 is 5.29. The van der Waals surface area contributed by atoms with Gasteiger partial charge in [0.15, 0.2) is 0 Å². The van der Waals surface area contributed by atoms with E-state index in [9.17, 15) is 9.59 Å². The Hall–Kier alpha value is -2.12. The van der Waals surface area contributed by atoms with Gasteiger partial charge in [-0.05, 0) is 69.1 Å². The van der Waals surface area contributed by atoms with Crippen LogP contribution >= 0.6 is 0 Å². The van der Waals surface area contributed by atoms with Crippen molar-refractivity contribution >= 4 is 11.8 Å². The molecule has 7 nitrogen and oxygen atoms in total. The third-order valence-corrected chi connectivity index (χ3v) is 7.41. The first-order valence-corrected chi connectivity index (χ1v) is 12.2. The van der Waals surface area contributed by atoms with E-state index in [-0.39, 0.29) is 29.9 Å². The molecule has 2 aliphatic carbocycles. The first-order valence-electron chi connectivity index (χ1n) is 12.2. The zero-order valence-corrected chi connectivity index (χ0v) is 19.5. The lowest BCUT2D eigenvalue weighted by Gasteiger charge is -2.43. The molecule has 1 saturated heterocycles. The molecule has 4 rings (SSSR count). The fraction of sp³-hybridized carbons (Fsp3) is 0.680. The van der Waals surface area contributed by atoms with Gasteiger partial charge in [-0.15, -0.1) is 0 Å². The molecule has 1 aromatic rings. The lowest BCUT2D eigenvalue weighted by molar-refractivity contribution is -0.142. The number of nitrogens with zero attached hydrogens (tertiary/aromatic N) is 2. The predicted molar refractivity (Wildman–Crippen MR) is 124 cm³/mol. The molecule has 2 amide bonds. The Labute approximate surface area is 191 Å². The monoisotopic (exact) mass is 442 g/mol. The standard InChI is InChI=1S/C25H38N4O3/c1-17(30)28-14-13-22(15-24(28)25(31)27-20-7-5-19(26)6-8-20)29(21-9-10-21)16-18-3-11-23(32-2)12-4-18/h3-4,11-12,19-22,24H,5-10,13-16,26H2,1-2H3,(H,27,31)/t19?,20?,22?,24-/m1/s1. The van der Waals surface area contributed by atoms with E-state index < -0.39 is 0 Å². The summed E-state index contributed by atoms with van der Waals surface area (Å²) >= 11 is 0. The zero-order valence-electron chi connectivity index (χ0n) is 19.5. The maximum absolute atomic E-state index is 13.3. The average molecular weight is 443 g/mol. The summed E-state index contributed by atoms with van der Waals surface area (Å²) in [6.07, 6.45) is 7.78. The van der Waals surface area contributed by atoms with Gasteiger partial charge in [-0.25, -0.2) is 0 Å². The van der Waals surface area contributed by atoms with Gasteiger partial charge in [0.1, 0.15) is 11.8 Å². The van der Waals surface area contributed by atoms with Crippen LogP contribution in [0.25, 0.3) is 0 Å². The molecule has 0 aromatic heterocycles. The van der Waals surface area contributed by atoms with E-state index in [1.165, 1.54) is 18.4 Å². The van der Waals surface area contributed by atoms with Crippen LogP contribution in [0.4, 0.5) is 0 Å². The fourth-order valence-electron chi connectivity index (χ4n) is 5.34. The summed E-state index contributed by atoms with van der Waals surface area (Å²) in [6, 6.07) is 9.17. The number of hydrogen-bond acceptors (Lipinski definition) is 5. The number of hydrogen-bond donors (Lipinski definition) is 2. The molecule has 0 radical (unpaired) electrons. The molecule has 0 bridgehead atoms. The van der Waals surface area contributed by atoms with Crippen LogP contribution in [0.2, 0.25) is 0 Å². The topological polar surface area (TPSA) is 87.9 Å². The highest BCUT2D eigenvalue weighted by atomic mass is 16.5. The van der Waals surface area contributed by atoms with Gasteiger partial charge in [0.05, 0.1) is 7.11 Å². The lowest BCUT2D eigenvalue weighted by Crippen LogP contribution is -2.58. The van der Waals surface area contributed by atoms with E-state index in [0.717, 1.165) is 44.4 Å². The molecule has 1 heterocycles. The van der Waals surface area contributed by atoms with Gasteiger partial charge < -0.3 is 20.7 Å². The van der Waals surface area contributed by atoms with Crippen molar-refractivity contribution in [2.45, 2.75) is 95.0 Å². The van der Waals surface area contributed by atoms with Crippen LogP contribution in [0, 0.1) is 0 Å². The SMILES string of the molecule is COc1ccc(CN(C2CC2)C2CCN(C(C)=O)[C@@H](C(=O)NC3CCC(N)CC3)C2)cc1. The number of likely N-dealkylation sites (tertiary alicyclic amines) is 1. The molecule has 3 aliphatic rings. The van der Waals surface area contributed by atoms with Crippen molar-refractivity contribution in [2.75, 3.05) is 13.7 Å². The van der Waals surface area contributed by atoms with Crippen molar-refractivity contribution < 1.29 is 14.3 Å². The van der Waals surface area contributed by atoms with E-state index in [1.807, 2.05) is 12.1 Å². The largest absolute Gasteiger partial charge is 0.497 e. The normalized spacial score (nSPS) is 28.4. The van der Waals surface area contributed by atoms with Crippen molar-refractivity contribution in [3.63, 3.8) is 0 Å². The summed E-state index contributed by atoms with van der Waals surface area (Å²) in [5.74, 6) is 0.856. The lowest BCUT2D eigenvalue weighted by atomic mass is 9.90. The van der Waals surface area contributed by atoms with Gasteiger partial charge in [-0.1, -0.05) is 12.1 Å². The summed E-state index contributed by atoms with van der Waals surface area (Å²) in [5.41, 5.74) is 7.28. The Morgan fingerprint density at radius 3 is 2.34 bits per heavy atom. The van der Waals surface area contributed by atoms with E-state index in [1.54, 1.807) is 18.9 Å². The molecule has 2 saturated carbocycles. The number of nitrogens with two attached hydrogens (primary N) is 1. The minimum Gasteiger partial charge on any atom is -0.497 e. The molecule has 32 heavy (non-hydrogen) atoms. The van der Waals surface area contributed by atoms with Crippen LogP contribution in [-0.2, 0) is 16.1 Å². The molecule has 1 unspecified atom stereocenters. The van der Waals surface area contributed by atoms with Crippen molar-refractivity contribution in [3.05, 3.63) is 29.8 Å². The maximum atomic E-state index is 13.3. The van der Waals surface area contributed by atoms with Crippen LogP contribution in [0.3, 0.4) is 0 Å². The predicted octanol–water partition coefficient (Wildman–Crippen LogP) is 2.43. The van der Waals surface area contributed by atoms with Crippen LogP contribution in [0.5, 0.6) is 5.75 Å². The molecule has 176 valence electrons. The minimum absolute atomic E-state index is 0.00515. The molecule has 2 atom stereocenters. The molecular weight excluding hydrogens is 404 g/mol. The second-order valence-corrected chi connectivity index (χ2v) is 9.78. The zero-order chi connectivity index (χ0) is 22.7. The molecule has 3 N–H and O–H groups in total. The quantitative estimate of drug-likeness (QED) is 0.677. The molecule has 1 aromatic carbocycles. The molecule has 3 fully saturated rings. The Morgan fingerprint density at radius 1 is 1.06 bits per heavy atom. The number of piperidine rings is 1. The number of amides is 2. The van der Waals surface area contributed by atoms with Gasteiger partial charge in [0.25, 0.3) is 0 Å². The second-order valence-electron chi connectivity index (χ2n) is 9.78. The highest BCUT2D eigenvalue weighted by Gasteiger charge is 2.41. The van der Waals surface area contributed by atoms with Gasteiger partial charge in [0.2, 0.25) is 11.8 Å². The smallest absolute Gasteiger partial charge is 0.243 e. The van der Waals surface area contributed by atoms with Gasteiger partial charge in [-0.2, -0.15) is 0 Å². The second kappa shape index (κ2) is 10.2. The van der Waals surface area contributed by atoms with E-state index in [0.29, 0.717) is 25.0 Å². The number of methoxy groups -OCH3 is 1. The number of nitrogens with one attached hydrogen (secondary N) is 1. The van der Waals surface area contributed by atoms with Crippen molar-refractivity contribution in [3.8, 4) is 5.75 Å². The first kappa shape index (κ1) is 23.1. The van der Waals surface area contributed by atoms with E-state index in [2.05, 4.69) is 22.3 Å². The summed E-state index contributed by atoms with van der Waals surface area (Å²) in [6.45, 7) is 3.09. The Morgan fingerprint density at radius 2 is 1.75 bits per heavy atom. The van der Waals surface area contributed by atoms with Crippen LogP contribution in [0.1, 0.15) is 63.9 Å². The Bertz CT molecular complexity index is 787. The summed E-state index contributed by atoms with van der Waals surface area (Å²) in [4.78, 5) is 29.9. The van der Waals surface area contributed by atoms with E-state index in [4.69, 9.17) is 10.5 Å². The number of carbonyl (C=O) groups is 2. The fourth-order valence-corrected chi connectivity index (χ4v) is 5.34. The molecule has 7 heteroatoms. The molecule has 0 spiro atoms. The highest BCUT2D eigenvalue weighted by molar-refractivity contribution is 5.87. The van der Waals surface area contributed by atoms with Crippen molar-refractivity contribution in [1.29, 1.82) is 0 Å². The summed E-state index contributed by atoms with van der Waals surface area (Å²) in [7, 11) is 1.68. The Balaban J connectivity index is 1.43. The van der Waals surface area contributed by atoms with Crippen LogP contribution in [-0.4, -0.2) is 65.5 Å². The molecular formula is C25H38N4O3. The van der Waals surface area contributed by atoms with Crippen LogP contribution < -0.4 is 15.8 Å². The van der Waals surface area contributed by atoms with Gasteiger partial charge >= 0.3 is 0 Å². The third kappa shape index (κ3) is 5.62. The number of ether oxygens (including phenoxy) is 1. The van der Waals surface area contributed by atoms with Crippen LogP contribution in [0.15, 0.2) is 24.3 Å². The Kier molecular flexibility index (Phi) is 7.36. The average Bonchev–Trinajstić information content (AvgIpc) is 3.64. The van der Waals surface area contributed by atoms with Gasteiger partial charge in [-0.3, -0.25) is 14.5 Å². The molecule has 1 aliphatic heterocycles. The first-order chi connectivity index (χ1) is 15.4. The van der Waals surface area contributed by atoms with Gasteiger partial charge in [0, 0.05) is 44.2 Å². The maximum Gasteiger partial charge on any atom is 0.243 e. The summed E-state index contributed by atoms with van der Waals surface area (Å²) in [5, 5.41) is 3.24. The van der Waals surface area contributed by atoms with Crippen molar-refractivity contribution in [1.82, 2.24) is 15.1 Å². The minimum atomic E-state index is -0.390. The van der Waals surface area contributed by atoms with Crippen molar-refractivity contribution in [2.24, 2.45) is 5.73 Å².